The Kier molecular flexibility index (Phi) is 4.37. The second kappa shape index (κ2) is 5.26. The van der Waals surface area contributed by atoms with Crippen molar-refractivity contribution in [3.8, 4) is 0 Å². The van der Waals surface area contributed by atoms with E-state index in [-0.39, 0.29) is 6.42 Å². The molecule has 1 aliphatic carbocycles. The van der Waals surface area contributed by atoms with Crippen molar-refractivity contribution < 1.29 is 24.2 Å². The average Bonchev–Trinajstić information content (AvgIpc) is 2.26. The molecule has 2 atom stereocenters. The molecule has 1 fully saturated rings. The highest BCUT2D eigenvalue weighted by molar-refractivity contribution is 5.87. The first-order valence-electron chi connectivity index (χ1n) is 6.24. The van der Waals surface area contributed by atoms with Gasteiger partial charge in [-0.05, 0) is 40.0 Å². The standard InChI is InChI=1S/C13H22O5/c1-12(2,3)18-11(15)13(16)8-6-5-7-9(13)10(14)17-4/h9,16H,5-8H2,1-4H3. The number of hydrogen-bond acceptors (Lipinski definition) is 5. The van der Waals surface area contributed by atoms with E-state index in [0.717, 1.165) is 6.42 Å². The molecule has 0 bridgehead atoms. The van der Waals surface area contributed by atoms with Crippen LogP contribution < -0.4 is 0 Å². The molecule has 0 saturated heterocycles. The van der Waals surface area contributed by atoms with Crippen molar-refractivity contribution in [1.29, 1.82) is 0 Å². The van der Waals surface area contributed by atoms with Crippen LogP contribution in [-0.4, -0.2) is 35.4 Å². The van der Waals surface area contributed by atoms with E-state index in [1.165, 1.54) is 7.11 Å². The first kappa shape index (κ1) is 15.0. The molecule has 1 aliphatic rings. The van der Waals surface area contributed by atoms with Crippen LogP contribution in [0.15, 0.2) is 0 Å². The third-order valence-corrected chi connectivity index (χ3v) is 3.12. The molecule has 104 valence electrons. The van der Waals surface area contributed by atoms with E-state index in [1.54, 1.807) is 20.8 Å². The Hall–Kier alpha value is -1.10. The monoisotopic (exact) mass is 258 g/mol. The van der Waals surface area contributed by atoms with Crippen molar-refractivity contribution >= 4 is 11.9 Å². The summed E-state index contributed by atoms with van der Waals surface area (Å²) >= 11 is 0. The molecule has 0 aromatic rings. The molecular weight excluding hydrogens is 236 g/mol. The van der Waals surface area contributed by atoms with Crippen LogP contribution >= 0.6 is 0 Å². The van der Waals surface area contributed by atoms with Gasteiger partial charge in [-0.2, -0.15) is 0 Å². The van der Waals surface area contributed by atoms with Gasteiger partial charge in [0.25, 0.3) is 0 Å². The van der Waals surface area contributed by atoms with Gasteiger partial charge in [0.05, 0.1) is 13.0 Å². The lowest BCUT2D eigenvalue weighted by molar-refractivity contribution is -0.193. The minimum absolute atomic E-state index is 0.238. The summed E-state index contributed by atoms with van der Waals surface area (Å²) in [7, 11) is 1.26. The summed E-state index contributed by atoms with van der Waals surface area (Å²) in [6, 6.07) is 0. The van der Waals surface area contributed by atoms with Crippen molar-refractivity contribution in [2.24, 2.45) is 5.92 Å². The number of carbonyl (C=O) groups is 2. The van der Waals surface area contributed by atoms with E-state index < -0.39 is 29.1 Å². The maximum Gasteiger partial charge on any atom is 0.339 e. The highest BCUT2D eigenvalue weighted by atomic mass is 16.6. The zero-order chi connectivity index (χ0) is 14.0. The molecule has 1 rings (SSSR count). The highest BCUT2D eigenvalue weighted by Gasteiger charge is 2.51. The number of carbonyl (C=O) groups excluding carboxylic acids is 2. The Morgan fingerprint density at radius 3 is 2.39 bits per heavy atom. The topological polar surface area (TPSA) is 72.8 Å². The van der Waals surface area contributed by atoms with Crippen LogP contribution in [0.5, 0.6) is 0 Å². The van der Waals surface area contributed by atoms with Crippen molar-refractivity contribution in [3.63, 3.8) is 0 Å². The van der Waals surface area contributed by atoms with Crippen LogP contribution in [0.1, 0.15) is 46.5 Å². The van der Waals surface area contributed by atoms with Gasteiger partial charge < -0.3 is 14.6 Å². The fraction of sp³-hybridized carbons (Fsp3) is 0.846. The first-order valence-corrected chi connectivity index (χ1v) is 6.24. The van der Waals surface area contributed by atoms with Gasteiger partial charge in [0.2, 0.25) is 0 Å². The third-order valence-electron chi connectivity index (χ3n) is 3.12. The van der Waals surface area contributed by atoms with Crippen LogP contribution in [-0.2, 0) is 19.1 Å². The number of aliphatic hydroxyl groups is 1. The van der Waals surface area contributed by atoms with Crippen LogP contribution in [0.3, 0.4) is 0 Å². The van der Waals surface area contributed by atoms with Crippen molar-refractivity contribution in [3.05, 3.63) is 0 Å². The minimum Gasteiger partial charge on any atom is -0.469 e. The van der Waals surface area contributed by atoms with E-state index >= 15 is 0 Å². The Morgan fingerprint density at radius 2 is 1.89 bits per heavy atom. The van der Waals surface area contributed by atoms with Gasteiger partial charge >= 0.3 is 11.9 Å². The van der Waals surface area contributed by atoms with Gasteiger partial charge in [-0.15, -0.1) is 0 Å². The van der Waals surface area contributed by atoms with Gasteiger partial charge in [0, 0.05) is 0 Å². The number of rotatable bonds is 2. The number of methoxy groups -OCH3 is 1. The number of ether oxygens (including phenoxy) is 2. The zero-order valence-corrected chi connectivity index (χ0v) is 11.5. The largest absolute Gasteiger partial charge is 0.469 e. The van der Waals surface area contributed by atoms with Crippen LogP contribution in [0.4, 0.5) is 0 Å². The molecule has 0 radical (unpaired) electrons. The molecule has 0 aliphatic heterocycles. The van der Waals surface area contributed by atoms with Gasteiger partial charge in [-0.1, -0.05) is 6.42 Å². The lowest BCUT2D eigenvalue weighted by atomic mass is 9.75. The molecule has 0 heterocycles. The molecule has 0 aromatic carbocycles. The predicted molar refractivity (Wildman–Crippen MR) is 64.8 cm³/mol. The average molecular weight is 258 g/mol. The molecule has 1 saturated carbocycles. The molecule has 0 aromatic heterocycles. The molecular formula is C13H22O5. The van der Waals surface area contributed by atoms with E-state index in [2.05, 4.69) is 4.74 Å². The number of hydrogen-bond donors (Lipinski definition) is 1. The lowest BCUT2D eigenvalue weighted by Gasteiger charge is -2.37. The maximum atomic E-state index is 12.1. The minimum atomic E-state index is -1.75. The summed E-state index contributed by atoms with van der Waals surface area (Å²) in [6.07, 6.45) is 2.18. The molecule has 18 heavy (non-hydrogen) atoms. The summed E-state index contributed by atoms with van der Waals surface area (Å²) in [6.45, 7) is 5.18. The van der Waals surface area contributed by atoms with Crippen molar-refractivity contribution in [1.82, 2.24) is 0 Å². The van der Waals surface area contributed by atoms with Gasteiger partial charge in [0.15, 0.2) is 5.60 Å². The molecule has 1 N–H and O–H groups in total. The predicted octanol–water partition coefficient (Wildman–Crippen LogP) is 1.42. The lowest BCUT2D eigenvalue weighted by Crippen LogP contribution is -2.53. The van der Waals surface area contributed by atoms with E-state index in [4.69, 9.17) is 4.74 Å². The van der Waals surface area contributed by atoms with E-state index in [1.807, 2.05) is 0 Å². The van der Waals surface area contributed by atoms with Gasteiger partial charge in [-0.25, -0.2) is 4.79 Å². The van der Waals surface area contributed by atoms with E-state index in [9.17, 15) is 14.7 Å². The molecule has 5 nitrogen and oxygen atoms in total. The van der Waals surface area contributed by atoms with Gasteiger partial charge in [-0.3, -0.25) is 4.79 Å². The van der Waals surface area contributed by atoms with Crippen LogP contribution in [0, 0.1) is 5.92 Å². The van der Waals surface area contributed by atoms with Crippen molar-refractivity contribution in [2.45, 2.75) is 57.7 Å². The first-order chi connectivity index (χ1) is 8.20. The summed E-state index contributed by atoms with van der Waals surface area (Å²) in [5.74, 6) is -2.11. The van der Waals surface area contributed by atoms with Gasteiger partial charge in [0.1, 0.15) is 5.60 Å². The zero-order valence-electron chi connectivity index (χ0n) is 11.5. The Bertz CT molecular complexity index is 331. The summed E-state index contributed by atoms with van der Waals surface area (Å²) in [5, 5.41) is 10.5. The molecule has 2 unspecified atom stereocenters. The summed E-state index contributed by atoms with van der Waals surface area (Å²) < 4.78 is 9.87. The van der Waals surface area contributed by atoms with Crippen LogP contribution in [0.25, 0.3) is 0 Å². The van der Waals surface area contributed by atoms with E-state index in [0.29, 0.717) is 12.8 Å². The number of esters is 2. The normalized spacial score (nSPS) is 28.6. The quantitative estimate of drug-likeness (QED) is 0.758. The smallest absolute Gasteiger partial charge is 0.339 e. The van der Waals surface area contributed by atoms with Crippen molar-refractivity contribution in [2.75, 3.05) is 7.11 Å². The molecule has 0 spiro atoms. The Labute approximate surface area is 107 Å². The third kappa shape index (κ3) is 3.22. The second-order valence-corrected chi connectivity index (χ2v) is 5.75. The Morgan fingerprint density at radius 1 is 1.28 bits per heavy atom. The summed E-state index contributed by atoms with van der Waals surface area (Å²) in [5.41, 5.74) is -2.44. The van der Waals surface area contributed by atoms with Crippen LogP contribution in [0.2, 0.25) is 0 Å². The molecule has 5 heteroatoms. The highest BCUT2D eigenvalue weighted by Crippen LogP contribution is 2.36. The summed E-state index contributed by atoms with van der Waals surface area (Å²) in [4.78, 5) is 23.7. The SMILES string of the molecule is COC(=O)C1CCCCC1(O)C(=O)OC(C)(C)C. The Balaban J connectivity index is 2.91. The fourth-order valence-electron chi connectivity index (χ4n) is 2.22. The fourth-order valence-corrected chi connectivity index (χ4v) is 2.22. The maximum absolute atomic E-state index is 12.1. The molecule has 0 amide bonds. The second-order valence-electron chi connectivity index (χ2n) is 5.75.